The molecule has 2 aromatic carbocycles. The summed E-state index contributed by atoms with van der Waals surface area (Å²) in [5.74, 6) is 2.72. The summed E-state index contributed by atoms with van der Waals surface area (Å²) in [5.41, 5.74) is 2.72. The molecular weight excluding hydrogens is 387 g/mol. The van der Waals surface area contributed by atoms with Gasteiger partial charge in [0.1, 0.15) is 18.2 Å². The van der Waals surface area contributed by atoms with Crippen molar-refractivity contribution in [1.29, 1.82) is 0 Å². The van der Waals surface area contributed by atoms with E-state index in [1.54, 1.807) is 6.07 Å². The topological polar surface area (TPSA) is 18.5 Å². The number of hydrogen-bond donors (Lipinski definition) is 0. The Morgan fingerprint density at radius 3 is 2.48 bits per heavy atom. The molecule has 4 unspecified atom stereocenters. The van der Waals surface area contributed by atoms with Crippen molar-refractivity contribution in [2.24, 2.45) is 11.8 Å². The van der Waals surface area contributed by atoms with Crippen molar-refractivity contribution in [2.45, 2.75) is 64.4 Å². The van der Waals surface area contributed by atoms with Crippen LogP contribution in [0.5, 0.6) is 5.75 Å². The molecule has 0 amide bonds. The molecule has 0 N–H and O–H groups in total. The van der Waals surface area contributed by atoms with Crippen LogP contribution >= 0.6 is 0 Å². The molecule has 31 heavy (non-hydrogen) atoms. The Morgan fingerprint density at radius 1 is 0.968 bits per heavy atom. The maximum absolute atomic E-state index is 15.1. The number of benzene rings is 2. The Balaban J connectivity index is 1.40. The van der Waals surface area contributed by atoms with Crippen LogP contribution in [0.15, 0.2) is 54.6 Å². The molecule has 0 aromatic heterocycles. The molecule has 2 aromatic rings. The van der Waals surface area contributed by atoms with Gasteiger partial charge in [-0.2, -0.15) is 0 Å². The molecule has 0 saturated heterocycles. The van der Waals surface area contributed by atoms with Crippen molar-refractivity contribution in [3.05, 3.63) is 66.0 Å². The summed E-state index contributed by atoms with van der Waals surface area (Å²) in [4.78, 5) is 0. The first-order valence-corrected chi connectivity index (χ1v) is 11.9. The summed E-state index contributed by atoms with van der Waals surface area (Å²) < 4.78 is 26.6. The van der Waals surface area contributed by atoms with Crippen LogP contribution in [0.2, 0.25) is 0 Å². The first kappa shape index (κ1) is 22.1. The van der Waals surface area contributed by atoms with Crippen molar-refractivity contribution >= 4 is 0 Å². The predicted octanol–water partition coefficient (Wildman–Crippen LogP) is 7.54. The molecule has 2 nitrogen and oxygen atoms in total. The van der Waals surface area contributed by atoms with E-state index in [0.717, 1.165) is 41.7 Å². The van der Waals surface area contributed by atoms with Crippen molar-refractivity contribution in [1.82, 2.24) is 0 Å². The van der Waals surface area contributed by atoms with Crippen LogP contribution in [0.3, 0.4) is 0 Å². The predicted molar refractivity (Wildman–Crippen MR) is 125 cm³/mol. The van der Waals surface area contributed by atoms with E-state index < -0.39 is 0 Å². The van der Waals surface area contributed by atoms with Gasteiger partial charge in [0.05, 0.1) is 6.10 Å². The highest BCUT2D eigenvalue weighted by molar-refractivity contribution is 5.65. The van der Waals surface area contributed by atoms with Gasteiger partial charge in [-0.15, -0.1) is 0 Å². The SMILES string of the molecule is C/C=C/COc1ccc(-c2ccc(C3CCC4CC(OCC)CCC4C3)cc2F)cc1. The maximum Gasteiger partial charge on any atom is 0.131 e. The number of halogens is 1. The van der Waals surface area contributed by atoms with Gasteiger partial charge in [-0.25, -0.2) is 4.39 Å². The van der Waals surface area contributed by atoms with Gasteiger partial charge in [-0.05, 0) is 99.5 Å². The second-order valence-corrected chi connectivity index (χ2v) is 9.06. The summed E-state index contributed by atoms with van der Waals surface area (Å²) >= 11 is 0. The van der Waals surface area contributed by atoms with Crippen LogP contribution in [-0.2, 0) is 4.74 Å². The van der Waals surface area contributed by atoms with Crippen LogP contribution in [0, 0.1) is 17.7 Å². The van der Waals surface area contributed by atoms with Crippen LogP contribution in [0.1, 0.15) is 63.9 Å². The highest BCUT2D eigenvalue weighted by atomic mass is 19.1. The van der Waals surface area contributed by atoms with Crippen LogP contribution in [-0.4, -0.2) is 19.3 Å². The van der Waals surface area contributed by atoms with Crippen molar-refractivity contribution < 1.29 is 13.9 Å². The van der Waals surface area contributed by atoms with E-state index in [1.165, 1.54) is 32.1 Å². The van der Waals surface area contributed by atoms with Gasteiger partial charge in [0.2, 0.25) is 0 Å². The van der Waals surface area contributed by atoms with Gasteiger partial charge in [-0.1, -0.05) is 36.4 Å². The van der Waals surface area contributed by atoms with Crippen LogP contribution in [0.25, 0.3) is 11.1 Å². The molecule has 2 fully saturated rings. The van der Waals surface area contributed by atoms with Crippen molar-refractivity contribution in [2.75, 3.05) is 13.2 Å². The van der Waals surface area contributed by atoms with Gasteiger partial charge in [0, 0.05) is 12.2 Å². The fourth-order valence-corrected chi connectivity index (χ4v) is 5.53. The fourth-order valence-electron chi connectivity index (χ4n) is 5.53. The summed E-state index contributed by atoms with van der Waals surface area (Å²) in [5, 5.41) is 0. The third-order valence-corrected chi connectivity index (χ3v) is 7.18. The zero-order chi connectivity index (χ0) is 21.6. The summed E-state index contributed by atoms with van der Waals surface area (Å²) in [6, 6.07) is 13.6. The zero-order valence-corrected chi connectivity index (χ0v) is 18.9. The molecule has 0 spiro atoms. The third kappa shape index (κ3) is 5.38. The van der Waals surface area contributed by atoms with Gasteiger partial charge in [0.15, 0.2) is 0 Å². The first-order valence-electron chi connectivity index (χ1n) is 11.9. The monoisotopic (exact) mass is 422 g/mol. The van der Waals surface area contributed by atoms with Gasteiger partial charge in [0.25, 0.3) is 0 Å². The number of allylic oxidation sites excluding steroid dienone is 1. The van der Waals surface area contributed by atoms with Crippen molar-refractivity contribution in [3.63, 3.8) is 0 Å². The maximum atomic E-state index is 15.1. The molecule has 4 rings (SSSR count). The van der Waals surface area contributed by atoms with Gasteiger partial charge >= 0.3 is 0 Å². The minimum Gasteiger partial charge on any atom is -0.490 e. The van der Waals surface area contributed by atoms with Gasteiger partial charge in [-0.3, -0.25) is 0 Å². The second kappa shape index (κ2) is 10.5. The van der Waals surface area contributed by atoms with E-state index >= 15 is 4.39 Å². The Morgan fingerprint density at radius 2 is 1.74 bits per heavy atom. The number of ether oxygens (including phenoxy) is 2. The van der Waals surface area contributed by atoms with E-state index in [9.17, 15) is 0 Å². The normalized spacial score (nSPS) is 26.0. The molecule has 166 valence electrons. The molecule has 4 atom stereocenters. The minimum atomic E-state index is -0.123. The number of hydrogen-bond acceptors (Lipinski definition) is 2. The van der Waals surface area contributed by atoms with Gasteiger partial charge < -0.3 is 9.47 Å². The van der Waals surface area contributed by atoms with Crippen molar-refractivity contribution in [3.8, 4) is 16.9 Å². The second-order valence-electron chi connectivity index (χ2n) is 9.06. The summed E-state index contributed by atoms with van der Waals surface area (Å²) in [7, 11) is 0. The smallest absolute Gasteiger partial charge is 0.131 e. The third-order valence-electron chi connectivity index (χ3n) is 7.18. The standard InChI is InChI=1S/C28H35FO2/c1-3-5-16-31-25-12-8-20(9-13-25)27-15-11-24(19-28(27)29)21-6-7-23-18-26(30-4-2)14-10-22(23)17-21/h3,5,8-9,11-13,15,19,21-23,26H,4,6-7,10,14,16-18H2,1-2H3/b5-3+. The molecule has 0 bridgehead atoms. The molecule has 2 aliphatic rings. The lowest BCUT2D eigenvalue weighted by molar-refractivity contribution is -0.00956. The summed E-state index contributed by atoms with van der Waals surface area (Å²) in [6.07, 6.45) is 11.6. The summed E-state index contributed by atoms with van der Waals surface area (Å²) in [6.45, 7) is 5.43. The van der Waals surface area contributed by atoms with Crippen LogP contribution in [0.4, 0.5) is 4.39 Å². The highest BCUT2D eigenvalue weighted by Gasteiger charge is 2.36. The van der Waals surface area contributed by atoms with E-state index in [-0.39, 0.29) is 5.82 Å². The highest BCUT2D eigenvalue weighted by Crippen LogP contribution is 2.47. The average molecular weight is 423 g/mol. The Labute approximate surface area is 186 Å². The largest absolute Gasteiger partial charge is 0.490 e. The molecule has 0 aliphatic heterocycles. The Kier molecular flexibility index (Phi) is 7.45. The lowest BCUT2D eigenvalue weighted by atomic mass is 9.65. The molecule has 3 heteroatoms. The Bertz CT molecular complexity index is 873. The quantitative estimate of drug-likeness (QED) is 0.429. The molecule has 2 saturated carbocycles. The number of fused-ring (bicyclic) bond motifs is 1. The van der Waals surface area contributed by atoms with E-state index in [1.807, 2.05) is 49.4 Å². The number of rotatable bonds is 7. The van der Waals surface area contributed by atoms with E-state index in [4.69, 9.17) is 9.47 Å². The molecule has 2 aliphatic carbocycles. The molecular formula is C28H35FO2. The lowest BCUT2D eigenvalue weighted by Gasteiger charge is -2.42. The zero-order valence-electron chi connectivity index (χ0n) is 18.9. The molecule has 0 heterocycles. The molecule has 0 radical (unpaired) electrons. The van der Waals surface area contributed by atoms with Crippen LogP contribution < -0.4 is 4.74 Å². The first-order chi connectivity index (χ1) is 15.2. The fraction of sp³-hybridized carbons (Fsp3) is 0.500. The lowest BCUT2D eigenvalue weighted by Crippen LogP contribution is -2.33. The van der Waals surface area contributed by atoms with E-state index in [0.29, 0.717) is 24.2 Å². The average Bonchev–Trinajstić information content (AvgIpc) is 2.80. The Hall–Kier alpha value is -2.13. The minimum absolute atomic E-state index is 0.123. The van der Waals surface area contributed by atoms with E-state index in [2.05, 4.69) is 13.0 Å².